The number of rotatable bonds is 7. The molecule has 0 atom stereocenters. The van der Waals surface area contributed by atoms with Crippen molar-refractivity contribution in [1.29, 1.82) is 0 Å². The van der Waals surface area contributed by atoms with E-state index in [4.69, 9.17) is 0 Å². The smallest absolute Gasteiger partial charge is 0.214 e. The number of benzene rings is 1. The average Bonchev–Trinajstić information content (AvgIpc) is 2.30. The van der Waals surface area contributed by atoms with Crippen LogP contribution in [0.2, 0.25) is 0 Å². The lowest BCUT2D eigenvalue weighted by atomic mass is 10.3. The normalized spacial score (nSPS) is 9.33. The van der Waals surface area contributed by atoms with E-state index >= 15 is 0 Å². The standard InChI is InChI=1S/C12H16N2O/c1-2-13-9-6-10-14(11-15)12-7-4-3-5-8-12/h2-5,7-8,11,13H,1,6,9-10H2. The topological polar surface area (TPSA) is 32.3 Å². The van der Waals surface area contributed by atoms with Gasteiger partial charge in [-0.25, -0.2) is 0 Å². The molecule has 0 saturated carbocycles. The SMILES string of the molecule is C=CNCCCN(C=O)c1ccccc1. The van der Waals surface area contributed by atoms with Crippen LogP contribution in [0.3, 0.4) is 0 Å². The predicted octanol–water partition coefficient (Wildman–Crippen LogP) is 1.77. The molecule has 80 valence electrons. The second kappa shape index (κ2) is 6.65. The second-order valence-corrected chi connectivity index (χ2v) is 3.15. The lowest BCUT2D eigenvalue weighted by molar-refractivity contribution is -0.107. The fraction of sp³-hybridized carbons (Fsp3) is 0.250. The third-order valence-corrected chi connectivity index (χ3v) is 2.08. The lowest BCUT2D eigenvalue weighted by Crippen LogP contribution is -2.24. The average molecular weight is 204 g/mol. The Balaban J connectivity index is 2.43. The predicted molar refractivity (Wildman–Crippen MR) is 62.7 cm³/mol. The maximum absolute atomic E-state index is 10.9. The molecule has 3 heteroatoms. The number of hydrogen-bond donors (Lipinski definition) is 1. The minimum Gasteiger partial charge on any atom is -0.391 e. The van der Waals surface area contributed by atoms with Gasteiger partial charge in [-0.05, 0) is 24.8 Å². The van der Waals surface area contributed by atoms with E-state index in [1.807, 2.05) is 30.3 Å². The van der Waals surface area contributed by atoms with E-state index in [0.717, 1.165) is 25.1 Å². The molecule has 15 heavy (non-hydrogen) atoms. The zero-order valence-corrected chi connectivity index (χ0v) is 8.73. The van der Waals surface area contributed by atoms with Crippen molar-refractivity contribution >= 4 is 12.1 Å². The number of nitrogens with one attached hydrogen (secondary N) is 1. The molecule has 0 fully saturated rings. The van der Waals surface area contributed by atoms with Crippen LogP contribution in [0.1, 0.15) is 6.42 Å². The Labute approximate surface area is 90.4 Å². The first-order valence-corrected chi connectivity index (χ1v) is 4.99. The summed E-state index contributed by atoms with van der Waals surface area (Å²) in [4.78, 5) is 12.6. The minimum atomic E-state index is 0.717. The highest BCUT2D eigenvalue weighted by Gasteiger charge is 2.02. The maximum atomic E-state index is 10.9. The molecule has 1 aromatic rings. The van der Waals surface area contributed by atoms with E-state index in [-0.39, 0.29) is 0 Å². The van der Waals surface area contributed by atoms with Gasteiger partial charge in [-0.15, -0.1) is 0 Å². The molecule has 0 aliphatic carbocycles. The maximum Gasteiger partial charge on any atom is 0.214 e. The van der Waals surface area contributed by atoms with Gasteiger partial charge in [-0.3, -0.25) is 4.79 Å². The van der Waals surface area contributed by atoms with Gasteiger partial charge in [0, 0.05) is 18.8 Å². The van der Waals surface area contributed by atoms with E-state index in [2.05, 4.69) is 11.9 Å². The van der Waals surface area contributed by atoms with Crippen LogP contribution in [0.25, 0.3) is 0 Å². The van der Waals surface area contributed by atoms with Gasteiger partial charge in [0.25, 0.3) is 0 Å². The van der Waals surface area contributed by atoms with E-state index in [1.165, 1.54) is 0 Å². The number of carbonyl (C=O) groups excluding carboxylic acids is 1. The number of nitrogens with zero attached hydrogens (tertiary/aromatic N) is 1. The third-order valence-electron chi connectivity index (χ3n) is 2.08. The highest BCUT2D eigenvalue weighted by atomic mass is 16.1. The molecule has 1 aromatic carbocycles. The van der Waals surface area contributed by atoms with E-state index in [1.54, 1.807) is 11.1 Å². The fourth-order valence-corrected chi connectivity index (χ4v) is 1.32. The molecule has 0 saturated heterocycles. The summed E-state index contributed by atoms with van der Waals surface area (Å²) in [5.41, 5.74) is 0.936. The Hall–Kier alpha value is -1.77. The van der Waals surface area contributed by atoms with Crippen LogP contribution in [0.5, 0.6) is 0 Å². The number of carbonyl (C=O) groups is 1. The van der Waals surface area contributed by atoms with Crippen molar-refractivity contribution in [2.75, 3.05) is 18.0 Å². The van der Waals surface area contributed by atoms with Crippen LogP contribution in [-0.4, -0.2) is 19.5 Å². The van der Waals surface area contributed by atoms with Crippen molar-refractivity contribution in [2.24, 2.45) is 0 Å². The van der Waals surface area contributed by atoms with Gasteiger partial charge < -0.3 is 10.2 Å². The van der Waals surface area contributed by atoms with Crippen LogP contribution >= 0.6 is 0 Å². The molecule has 1 rings (SSSR count). The lowest BCUT2D eigenvalue weighted by Gasteiger charge is -2.16. The summed E-state index contributed by atoms with van der Waals surface area (Å²) in [5, 5.41) is 3.00. The number of amides is 1. The first kappa shape index (κ1) is 11.3. The van der Waals surface area contributed by atoms with Gasteiger partial charge in [-0.2, -0.15) is 0 Å². The van der Waals surface area contributed by atoms with Crippen molar-refractivity contribution in [3.63, 3.8) is 0 Å². The molecule has 0 heterocycles. The Morgan fingerprint density at radius 1 is 1.33 bits per heavy atom. The highest BCUT2D eigenvalue weighted by Crippen LogP contribution is 2.10. The van der Waals surface area contributed by atoms with Gasteiger partial charge >= 0.3 is 0 Å². The summed E-state index contributed by atoms with van der Waals surface area (Å²) in [6.45, 7) is 5.11. The molecule has 0 spiro atoms. The molecular formula is C12H16N2O. The monoisotopic (exact) mass is 204 g/mol. The summed E-state index contributed by atoms with van der Waals surface area (Å²) < 4.78 is 0. The van der Waals surface area contributed by atoms with Crippen molar-refractivity contribution in [2.45, 2.75) is 6.42 Å². The number of para-hydroxylation sites is 1. The molecule has 1 amide bonds. The quantitative estimate of drug-likeness (QED) is 0.542. The second-order valence-electron chi connectivity index (χ2n) is 3.15. The Bertz CT molecular complexity index is 298. The fourth-order valence-electron chi connectivity index (χ4n) is 1.32. The summed E-state index contributed by atoms with van der Waals surface area (Å²) >= 11 is 0. The van der Waals surface area contributed by atoms with Crippen LogP contribution in [0.15, 0.2) is 43.1 Å². The van der Waals surface area contributed by atoms with Crippen LogP contribution in [-0.2, 0) is 4.79 Å². The van der Waals surface area contributed by atoms with Crippen LogP contribution in [0, 0.1) is 0 Å². The molecular weight excluding hydrogens is 188 g/mol. The molecule has 0 aliphatic heterocycles. The Morgan fingerprint density at radius 2 is 2.07 bits per heavy atom. The minimum absolute atomic E-state index is 0.717. The Kier molecular flexibility index (Phi) is 5.01. The van der Waals surface area contributed by atoms with Gasteiger partial charge in [-0.1, -0.05) is 24.8 Å². The summed E-state index contributed by atoms with van der Waals surface area (Å²) in [5.74, 6) is 0. The molecule has 1 N–H and O–H groups in total. The van der Waals surface area contributed by atoms with E-state index < -0.39 is 0 Å². The van der Waals surface area contributed by atoms with Gasteiger partial charge in [0.15, 0.2) is 0 Å². The van der Waals surface area contributed by atoms with E-state index in [0.29, 0.717) is 6.54 Å². The van der Waals surface area contributed by atoms with Crippen molar-refractivity contribution in [1.82, 2.24) is 5.32 Å². The largest absolute Gasteiger partial charge is 0.391 e. The van der Waals surface area contributed by atoms with Crippen molar-refractivity contribution < 1.29 is 4.79 Å². The highest BCUT2D eigenvalue weighted by molar-refractivity contribution is 5.74. The first-order chi connectivity index (χ1) is 7.38. The van der Waals surface area contributed by atoms with Gasteiger partial charge in [0.1, 0.15) is 0 Å². The van der Waals surface area contributed by atoms with Crippen molar-refractivity contribution in [3.05, 3.63) is 43.1 Å². The summed E-state index contributed by atoms with van der Waals surface area (Å²) in [6, 6.07) is 9.64. The van der Waals surface area contributed by atoms with Crippen LogP contribution in [0.4, 0.5) is 5.69 Å². The van der Waals surface area contributed by atoms with E-state index in [9.17, 15) is 4.79 Å². The molecule has 3 nitrogen and oxygen atoms in total. The van der Waals surface area contributed by atoms with Gasteiger partial charge in [0.05, 0.1) is 0 Å². The molecule has 0 unspecified atom stereocenters. The van der Waals surface area contributed by atoms with Crippen molar-refractivity contribution in [3.8, 4) is 0 Å². The van der Waals surface area contributed by atoms with Gasteiger partial charge in [0.2, 0.25) is 6.41 Å². The first-order valence-electron chi connectivity index (χ1n) is 4.99. The molecule has 0 aromatic heterocycles. The van der Waals surface area contributed by atoms with Crippen LogP contribution < -0.4 is 10.2 Å². The molecule has 0 radical (unpaired) electrons. The summed E-state index contributed by atoms with van der Waals surface area (Å²) in [6.07, 6.45) is 3.43. The zero-order chi connectivity index (χ0) is 10.9. The number of anilines is 1. The molecule has 0 aliphatic rings. The molecule has 0 bridgehead atoms. The summed E-state index contributed by atoms with van der Waals surface area (Å²) in [7, 11) is 0. The Morgan fingerprint density at radius 3 is 2.67 bits per heavy atom. The number of hydrogen-bond acceptors (Lipinski definition) is 2. The third kappa shape index (κ3) is 3.85. The zero-order valence-electron chi connectivity index (χ0n) is 8.73.